The Morgan fingerprint density at radius 2 is 1.40 bits per heavy atom. The van der Waals surface area contributed by atoms with Gasteiger partial charge in [-0.05, 0) is 24.3 Å². The van der Waals surface area contributed by atoms with Crippen LogP contribution in [0.2, 0.25) is 0 Å². The molecule has 0 spiro atoms. The molecule has 2 aromatic heterocycles. The fraction of sp³-hybridized carbons (Fsp3) is 0.474. The highest BCUT2D eigenvalue weighted by Gasteiger charge is 2.31. The maximum absolute atomic E-state index is 12.7. The topological polar surface area (TPSA) is 69.6 Å². The summed E-state index contributed by atoms with van der Waals surface area (Å²) in [6.45, 7) is 6.68. The van der Waals surface area contributed by atoms with Crippen LogP contribution in [0, 0.1) is 0 Å². The fourth-order valence-corrected chi connectivity index (χ4v) is 4.73. The molecule has 164 valence electrons. The third-order valence-corrected chi connectivity index (χ3v) is 7.10. The third-order valence-electron chi connectivity index (χ3n) is 5.07. The van der Waals surface area contributed by atoms with E-state index in [1.165, 1.54) is 16.6 Å². The number of anilines is 2. The van der Waals surface area contributed by atoms with Gasteiger partial charge in [0.15, 0.2) is 0 Å². The molecule has 0 atom stereocenters. The summed E-state index contributed by atoms with van der Waals surface area (Å²) in [5.74, 6) is 1.16. The first kappa shape index (κ1) is 22.3. The molecule has 2 aromatic rings. The van der Waals surface area contributed by atoms with E-state index in [-0.39, 0.29) is 4.90 Å². The number of halogens is 3. The highest BCUT2D eigenvalue weighted by molar-refractivity contribution is 7.89. The summed E-state index contributed by atoms with van der Waals surface area (Å²) >= 11 is 0. The standard InChI is InChI=1S/C19H24F3N5O2S/c1-3-27(4-2)30(28,29)16-6-8-18(24-14-16)26-11-9-25(10-12-26)17-7-5-15(13-23-17)19(20,21)22/h5-8,13-14H,3-4,9-12H2,1-2H3. The van der Waals surface area contributed by atoms with Gasteiger partial charge in [-0.3, -0.25) is 0 Å². The van der Waals surface area contributed by atoms with Crippen LogP contribution in [-0.2, 0) is 16.2 Å². The van der Waals surface area contributed by atoms with Crippen LogP contribution < -0.4 is 9.80 Å². The summed E-state index contributed by atoms with van der Waals surface area (Å²) in [6.07, 6.45) is -2.19. The first-order valence-corrected chi connectivity index (χ1v) is 11.1. The van der Waals surface area contributed by atoms with Gasteiger partial charge < -0.3 is 9.80 Å². The smallest absolute Gasteiger partial charge is 0.353 e. The lowest BCUT2D eigenvalue weighted by atomic mass is 10.2. The molecule has 0 saturated carbocycles. The number of hydrogen-bond acceptors (Lipinski definition) is 6. The Hall–Kier alpha value is -2.40. The van der Waals surface area contributed by atoms with E-state index < -0.39 is 21.8 Å². The number of sulfonamides is 1. The molecule has 1 saturated heterocycles. The molecule has 7 nitrogen and oxygen atoms in total. The van der Waals surface area contributed by atoms with E-state index in [9.17, 15) is 21.6 Å². The van der Waals surface area contributed by atoms with Crippen molar-refractivity contribution in [2.75, 3.05) is 49.1 Å². The zero-order valence-corrected chi connectivity index (χ0v) is 17.6. The van der Waals surface area contributed by atoms with Crippen LogP contribution in [0.5, 0.6) is 0 Å². The van der Waals surface area contributed by atoms with E-state index in [1.54, 1.807) is 26.0 Å². The van der Waals surface area contributed by atoms with E-state index >= 15 is 0 Å². The van der Waals surface area contributed by atoms with Crippen LogP contribution in [0.4, 0.5) is 24.8 Å². The Bertz CT molecular complexity index is 938. The minimum atomic E-state index is -4.40. The van der Waals surface area contributed by atoms with Gasteiger partial charge in [0.1, 0.15) is 16.5 Å². The van der Waals surface area contributed by atoms with E-state index in [0.717, 1.165) is 12.3 Å². The normalized spacial score (nSPS) is 15.7. The van der Waals surface area contributed by atoms with Crippen molar-refractivity contribution < 1.29 is 21.6 Å². The molecule has 1 aliphatic heterocycles. The molecule has 0 aliphatic carbocycles. The lowest BCUT2D eigenvalue weighted by molar-refractivity contribution is -0.137. The molecule has 0 unspecified atom stereocenters. The summed E-state index contributed by atoms with van der Waals surface area (Å²) in [5.41, 5.74) is -0.770. The van der Waals surface area contributed by atoms with Gasteiger partial charge >= 0.3 is 6.18 Å². The van der Waals surface area contributed by atoms with Gasteiger partial charge in [0.2, 0.25) is 10.0 Å². The van der Waals surface area contributed by atoms with Crippen molar-refractivity contribution in [1.82, 2.24) is 14.3 Å². The van der Waals surface area contributed by atoms with E-state index in [2.05, 4.69) is 9.97 Å². The van der Waals surface area contributed by atoms with Crippen LogP contribution in [0.1, 0.15) is 19.4 Å². The summed E-state index contributed by atoms with van der Waals surface area (Å²) in [5, 5.41) is 0. The number of alkyl halides is 3. The van der Waals surface area contributed by atoms with Gasteiger partial charge in [0.05, 0.1) is 5.56 Å². The maximum atomic E-state index is 12.7. The third kappa shape index (κ3) is 4.67. The monoisotopic (exact) mass is 443 g/mol. The molecule has 0 N–H and O–H groups in total. The summed E-state index contributed by atoms with van der Waals surface area (Å²) in [7, 11) is -3.55. The summed E-state index contributed by atoms with van der Waals surface area (Å²) in [4.78, 5) is 12.3. The molecular formula is C19H24F3N5O2S. The van der Waals surface area contributed by atoms with Crippen LogP contribution in [0.15, 0.2) is 41.6 Å². The van der Waals surface area contributed by atoms with Crippen molar-refractivity contribution >= 4 is 21.7 Å². The average molecular weight is 443 g/mol. The van der Waals surface area contributed by atoms with Gasteiger partial charge in [-0.2, -0.15) is 17.5 Å². The zero-order valence-electron chi connectivity index (χ0n) is 16.8. The SMILES string of the molecule is CCN(CC)S(=O)(=O)c1ccc(N2CCN(c3ccc(C(F)(F)F)cn3)CC2)nc1. The number of rotatable bonds is 6. The second kappa shape index (κ2) is 8.76. The highest BCUT2D eigenvalue weighted by atomic mass is 32.2. The Labute approximate surface area is 174 Å². The Balaban J connectivity index is 1.64. The number of piperazine rings is 1. The highest BCUT2D eigenvalue weighted by Crippen LogP contribution is 2.29. The van der Waals surface area contributed by atoms with Gasteiger partial charge in [-0.25, -0.2) is 18.4 Å². The molecule has 3 heterocycles. The summed E-state index contributed by atoms with van der Waals surface area (Å²) in [6, 6.07) is 5.65. The molecule has 11 heteroatoms. The first-order valence-electron chi connectivity index (χ1n) is 9.66. The minimum Gasteiger partial charge on any atom is -0.353 e. The predicted octanol–water partition coefficient (Wildman–Crippen LogP) is 2.85. The van der Waals surface area contributed by atoms with Crippen molar-refractivity contribution in [1.29, 1.82) is 0 Å². The zero-order chi connectivity index (χ0) is 21.9. The van der Waals surface area contributed by atoms with Crippen LogP contribution >= 0.6 is 0 Å². The molecule has 1 aliphatic rings. The first-order chi connectivity index (χ1) is 14.2. The van der Waals surface area contributed by atoms with Gasteiger partial charge in [-0.15, -0.1) is 0 Å². The van der Waals surface area contributed by atoms with Crippen molar-refractivity contribution in [2.24, 2.45) is 0 Å². The van der Waals surface area contributed by atoms with Gasteiger partial charge in [-0.1, -0.05) is 13.8 Å². The summed E-state index contributed by atoms with van der Waals surface area (Å²) < 4.78 is 64.5. The second-order valence-electron chi connectivity index (χ2n) is 6.82. The molecule has 30 heavy (non-hydrogen) atoms. The van der Waals surface area contributed by atoms with Crippen molar-refractivity contribution in [3.05, 3.63) is 42.2 Å². The van der Waals surface area contributed by atoms with Crippen molar-refractivity contribution in [3.63, 3.8) is 0 Å². The van der Waals surface area contributed by atoms with Crippen molar-refractivity contribution in [2.45, 2.75) is 24.9 Å². The Morgan fingerprint density at radius 1 is 0.900 bits per heavy atom. The molecule has 0 aromatic carbocycles. The van der Waals surface area contributed by atoms with Crippen LogP contribution in [0.25, 0.3) is 0 Å². The Morgan fingerprint density at radius 3 is 1.77 bits per heavy atom. The number of aromatic nitrogens is 2. The quantitative estimate of drug-likeness (QED) is 0.684. The largest absolute Gasteiger partial charge is 0.417 e. The molecule has 0 amide bonds. The fourth-order valence-electron chi connectivity index (χ4n) is 3.33. The maximum Gasteiger partial charge on any atom is 0.417 e. The average Bonchev–Trinajstić information content (AvgIpc) is 2.74. The van der Waals surface area contributed by atoms with Gasteiger partial charge in [0.25, 0.3) is 0 Å². The minimum absolute atomic E-state index is 0.155. The molecule has 0 radical (unpaired) electrons. The Kier molecular flexibility index (Phi) is 6.51. The molecule has 1 fully saturated rings. The number of hydrogen-bond donors (Lipinski definition) is 0. The van der Waals surface area contributed by atoms with Crippen molar-refractivity contribution in [3.8, 4) is 0 Å². The number of pyridine rings is 2. The molecule has 0 bridgehead atoms. The van der Waals surface area contributed by atoms with Crippen LogP contribution in [0.3, 0.4) is 0 Å². The lowest BCUT2D eigenvalue weighted by Crippen LogP contribution is -2.47. The van der Waals surface area contributed by atoms with E-state index in [4.69, 9.17) is 0 Å². The molecular weight excluding hydrogens is 419 g/mol. The van der Waals surface area contributed by atoms with Crippen LogP contribution in [-0.4, -0.2) is 62.0 Å². The molecule has 3 rings (SSSR count). The lowest BCUT2D eigenvalue weighted by Gasteiger charge is -2.36. The van der Waals surface area contributed by atoms with E-state index in [1.807, 2.05) is 9.80 Å². The van der Waals surface area contributed by atoms with Gasteiger partial charge in [0, 0.05) is 51.7 Å². The number of nitrogens with zero attached hydrogens (tertiary/aromatic N) is 5. The van der Waals surface area contributed by atoms with E-state index in [0.29, 0.717) is 50.9 Å². The second-order valence-corrected chi connectivity index (χ2v) is 8.76. The predicted molar refractivity (Wildman–Crippen MR) is 108 cm³/mol.